The van der Waals surface area contributed by atoms with E-state index in [1.807, 2.05) is 0 Å². The van der Waals surface area contributed by atoms with Crippen molar-refractivity contribution in [3.05, 3.63) is 0 Å². The minimum atomic E-state index is 0.797. The fourth-order valence-corrected chi connectivity index (χ4v) is 2.37. The van der Waals surface area contributed by atoms with Crippen molar-refractivity contribution in [2.75, 3.05) is 19.0 Å². The fraction of sp³-hybridized carbons (Fsp3) is 1.00. The SMILES string of the molecule is CCCCN(CCC(C)CCCl)C1CC1. The van der Waals surface area contributed by atoms with E-state index in [0.717, 1.165) is 17.8 Å². The summed E-state index contributed by atoms with van der Waals surface area (Å²) in [7, 11) is 0. The molecule has 0 amide bonds. The molecule has 0 aromatic carbocycles. The van der Waals surface area contributed by atoms with E-state index in [1.54, 1.807) is 0 Å². The molecular weight excluding hydrogens is 206 g/mol. The number of hydrogen-bond donors (Lipinski definition) is 0. The molecule has 1 aliphatic carbocycles. The molecule has 0 aromatic heterocycles. The minimum Gasteiger partial charge on any atom is -0.300 e. The predicted octanol–water partition coefficient (Wildman–Crippen LogP) is 3.91. The molecule has 1 rings (SSSR count). The molecule has 0 spiro atoms. The highest BCUT2D eigenvalue weighted by Gasteiger charge is 2.28. The highest BCUT2D eigenvalue weighted by Crippen LogP contribution is 2.27. The molecule has 0 saturated heterocycles. The minimum absolute atomic E-state index is 0.797. The lowest BCUT2D eigenvalue weighted by Crippen LogP contribution is -2.29. The zero-order valence-electron chi connectivity index (χ0n) is 10.3. The summed E-state index contributed by atoms with van der Waals surface area (Å²) in [4.78, 5) is 2.70. The highest BCUT2D eigenvalue weighted by atomic mass is 35.5. The van der Waals surface area contributed by atoms with Gasteiger partial charge in [-0.3, -0.25) is 0 Å². The van der Waals surface area contributed by atoms with Crippen LogP contribution in [0.25, 0.3) is 0 Å². The average molecular weight is 232 g/mol. The fourth-order valence-electron chi connectivity index (χ4n) is 1.99. The van der Waals surface area contributed by atoms with E-state index in [1.165, 1.54) is 51.6 Å². The molecule has 2 heteroatoms. The van der Waals surface area contributed by atoms with Crippen molar-refractivity contribution in [1.82, 2.24) is 4.90 Å². The molecular formula is C13H26ClN. The Labute approximate surface area is 100 Å². The van der Waals surface area contributed by atoms with E-state index in [-0.39, 0.29) is 0 Å². The van der Waals surface area contributed by atoms with Gasteiger partial charge in [0.25, 0.3) is 0 Å². The largest absolute Gasteiger partial charge is 0.300 e. The lowest BCUT2D eigenvalue weighted by Gasteiger charge is -2.23. The van der Waals surface area contributed by atoms with Gasteiger partial charge in [-0.25, -0.2) is 0 Å². The number of halogens is 1. The maximum atomic E-state index is 5.76. The van der Waals surface area contributed by atoms with E-state index < -0.39 is 0 Å². The third kappa shape index (κ3) is 5.77. The molecule has 0 aromatic rings. The monoisotopic (exact) mass is 231 g/mol. The number of alkyl halides is 1. The highest BCUT2D eigenvalue weighted by molar-refractivity contribution is 6.17. The Morgan fingerprint density at radius 3 is 2.53 bits per heavy atom. The van der Waals surface area contributed by atoms with E-state index in [2.05, 4.69) is 18.7 Å². The standard InChI is InChI=1S/C13H26ClN/c1-3-4-10-15(13-5-6-13)11-8-12(2)7-9-14/h12-13H,3-11H2,1-2H3. The molecule has 1 fully saturated rings. The topological polar surface area (TPSA) is 3.24 Å². The maximum absolute atomic E-state index is 5.76. The Kier molecular flexibility index (Phi) is 6.67. The van der Waals surface area contributed by atoms with Gasteiger partial charge in [0.15, 0.2) is 0 Å². The van der Waals surface area contributed by atoms with Crippen LogP contribution in [0, 0.1) is 5.92 Å². The zero-order chi connectivity index (χ0) is 11.1. The Morgan fingerprint density at radius 2 is 2.00 bits per heavy atom. The number of hydrogen-bond acceptors (Lipinski definition) is 1. The van der Waals surface area contributed by atoms with Crippen molar-refractivity contribution in [2.45, 2.75) is 58.4 Å². The van der Waals surface area contributed by atoms with E-state index in [0.29, 0.717) is 0 Å². The Morgan fingerprint density at radius 1 is 1.27 bits per heavy atom. The Balaban J connectivity index is 2.13. The van der Waals surface area contributed by atoms with E-state index in [4.69, 9.17) is 11.6 Å². The summed E-state index contributed by atoms with van der Waals surface area (Å²) in [5.41, 5.74) is 0. The second-order valence-corrected chi connectivity index (χ2v) is 5.37. The molecule has 1 saturated carbocycles. The van der Waals surface area contributed by atoms with Crippen molar-refractivity contribution in [1.29, 1.82) is 0 Å². The molecule has 15 heavy (non-hydrogen) atoms. The van der Waals surface area contributed by atoms with Gasteiger partial charge in [0.2, 0.25) is 0 Å². The lowest BCUT2D eigenvalue weighted by atomic mass is 10.0. The first-order valence-electron chi connectivity index (χ1n) is 6.58. The van der Waals surface area contributed by atoms with E-state index >= 15 is 0 Å². The first-order valence-corrected chi connectivity index (χ1v) is 7.11. The molecule has 1 unspecified atom stereocenters. The van der Waals surface area contributed by atoms with Crippen LogP contribution in [0.1, 0.15) is 52.4 Å². The summed E-state index contributed by atoms with van der Waals surface area (Å²) in [6.45, 7) is 7.21. The van der Waals surface area contributed by atoms with Gasteiger partial charge >= 0.3 is 0 Å². The summed E-state index contributed by atoms with van der Waals surface area (Å²) >= 11 is 5.76. The molecule has 0 radical (unpaired) electrons. The van der Waals surface area contributed by atoms with Crippen molar-refractivity contribution in [3.8, 4) is 0 Å². The molecule has 1 atom stereocenters. The first kappa shape index (κ1) is 13.3. The van der Waals surface area contributed by atoms with Crippen LogP contribution in [-0.2, 0) is 0 Å². The molecule has 1 aliphatic rings. The second kappa shape index (κ2) is 7.51. The van der Waals surface area contributed by atoms with Gasteiger partial charge in [-0.15, -0.1) is 11.6 Å². The Hall–Kier alpha value is 0.250. The van der Waals surface area contributed by atoms with Crippen LogP contribution < -0.4 is 0 Å². The van der Waals surface area contributed by atoms with Crippen LogP contribution >= 0.6 is 11.6 Å². The lowest BCUT2D eigenvalue weighted by molar-refractivity contribution is 0.240. The van der Waals surface area contributed by atoms with Gasteiger partial charge in [0.1, 0.15) is 0 Å². The van der Waals surface area contributed by atoms with Gasteiger partial charge in [-0.1, -0.05) is 20.3 Å². The zero-order valence-corrected chi connectivity index (χ0v) is 11.1. The van der Waals surface area contributed by atoms with Gasteiger partial charge < -0.3 is 4.90 Å². The first-order chi connectivity index (χ1) is 7.27. The smallest absolute Gasteiger partial charge is 0.0225 e. The quantitative estimate of drug-likeness (QED) is 0.544. The van der Waals surface area contributed by atoms with Gasteiger partial charge in [-0.05, 0) is 51.1 Å². The van der Waals surface area contributed by atoms with Crippen LogP contribution in [-0.4, -0.2) is 29.9 Å². The number of rotatable bonds is 9. The average Bonchev–Trinajstić information content (AvgIpc) is 3.02. The second-order valence-electron chi connectivity index (χ2n) is 4.99. The van der Waals surface area contributed by atoms with Crippen LogP contribution in [0.2, 0.25) is 0 Å². The van der Waals surface area contributed by atoms with Gasteiger partial charge in [0, 0.05) is 11.9 Å². The third-order valence-electron chi connectivity index (χ3n) is 3.37. The number of nitrogens with zero attached hydrogens (tertiary/aromatic N) is 1. The Bertz CT molecular complexity index is 157. The summed E-state index contributed by atoms with van der Waals surface area (Å²) in [5, 5.41) is 0. The van der Waals surface area contributed by atoms with Crippen LogP contribution in [0.4, 0.5) is 0 Å². The van der Waals surface area contributed by atoms with Crippen molar-refractivity contribution < 1.29 is 0 Å². The molecule has 0 N–H and O–H groups in total. The molecule has 1 nitrogen and oxygen atoms in total. The summed E-state index contributed by atoms with van der Waals surface area (Å²) in [5.74, 6) is 1.62. The van der Waals surface area contributed by atoms with Gasteiger partial charge in [0.05, 0.1) is 0 Å². The van der Waals surface area contributed by atoms with Gasteiger partial charge in [-0.2, -0.15) is 0 Å². The van der Waals surface area contributed by atoms with E-state index in [9.17, 15) is 0 Å². The van der Waals surface area contributed by atoms with Crippen LogP contribution in [0.5, 0.6) is 0 Å². The van der Waals surface area contributed by atoms with Crippen molar-refractivity contribution >= 4 is 11.6 Å². The summed E-state index contributed by atoms with van der Waals surface area (Å²) in [6, 6.07) is 0.930. The molecule has 0 heterocycles. The number of unbranched alkanes of at least 4 members (excludes halogenated alkanes) is 1. The molecule has 0 aliphatic heterocycles. The molecule has 0 bridgehead atoms. The van der Waals surface area contributed by atoms with Crippen LogP contribution in [0.3, 0.4) is 0 Å². The summed E-state index contributed by atoms with van der Waals surface area (Å²) < 4.78 is 0. The maximum Gasteiger partial charge on any atom is 0.0225 e. The van der Waals surface area contributed by atoms with Crippen molar-refractivity contribution in [3.63, 3.8) is 0 Å². The van der Waals surface area contributed by atoms with Crippen LogP contribution in [0.15, 0.2) is 0 Å². The third-order valence-corrected chi connectivity index (χ3v) is 3.59. The normalized spacial score (nSPS) is 18.4. The summed E-state index contributed by atoms with van der Waals surface area (Å²) in [6.07, 6.45) is 8.06. The molecule has 90 valence electrons. The predicted molar refractivity (Wildman–Crippen MR) is 68.6 cm³/mol. The van der Waals surface area contributed by atoms with Crippen molar-refractivity contribution in [2.24, 2.45) is 5.92 Å².